The molecule has 41 heavy (non-hydrogen) atoms. The van der Waals surface area contributed by atoms with Crippen LogP contribution in [0.3, 0.4) is 0 Å². The van der Waals surface area contributed by atoms with Gasteiger partial charge in [0, 0.05) is 61.7 Å². The third-order valence-corrected chi connectivity index (χ3v) is 6.60. The van der Waals surface area contributed by atoms with E-state index in [1.165, 1.54) is 0 Å². The van der Waals surface area contributed by atoms with Crippen molar-refractivity contribution in [1.29, 1.82) is 0 Å². The third kappa shape index (κ3) is 6.43. The van der Waals surface area contributed by atoms with Crippen LogP contribution in [0, 0.1) is 18.6 Å². The monoisotopic (exact) mass is 559 g/mol. The summed E-state index contributed by atoms with van der Waals surface area (Å²) in [5, 5.41) is 10.4. The summed E-state index contributed by atoms with van der Waals surface area (Å²) in [5.41, 5.74) is 2.63. The van der Waals surface area contributed by atoms with Gasteiger partial charge in [0.25, 0.3) is 0 Å². The minimum atomic E-state index is -0.645. The highest BCUT2D eigenvalue weighted by molar-refractivity contribution is 5.94. The smallest absolute Gasteiger partial charge is 0.181 e. The summed E-state index contributed by atoms with van der Waals surface area (Å²) in [7, 11) is 0. The largest absolute Gasteiger partial charge is 0.468 e. The van der Waals surface area contributed by atoms with Crippen LogP contribution >= 0.6 is 0 Å². The predicted octanol–water partition coefficient (Wildman–Crippen LogP) is 5.12. The van der Waals surface area contributed by atoms with Gasteiger partial charge in [0.2, 0.25) is 0 Å². The van der Waals surface area contributed by atoms with Crippen molar-refractivity contribution in [3.8, 4) is 5.75 Å². The number of aryl methyl sites for hydroxylation is 1. The number of aliphatic imine (C=N–C) groups is 2. The molecule has 4 heterocycles. The zero-order valence-electron chi connectivity index (χ0n) is 22.9. The molecule has 5 rings (SSSR count). The van der Waals surface area contributed by atoms with E-state index in [2.05, 4.69) is 52.0 Å². The Morgan fingerprint density at radius 1 is 1.22 bits per heavy atom. The number of halogens is 2. The summed E-state index contributed by atoms with van der Waals surface area (Å²) in [5.74, 6) is 0.0670. The normalized spacial score (nSPS) is 14.7. The molecule has 0 bridgehead atoms. The van der Waals surface area contributed by atoms with E-state index >= 15 is 4.39 Å². The average Bonchev–Trinajstić information content (AvgIpc) is 3.61. The van der Waals surface area contributed by atoms with Crippen LogP contribution < -0.4 is 15.0 Å². The number of rotatable bonds is 9. The van der Waals surface area contributed by atoms with Crippen LogP contribution in [0.25, 0.3) is 17.0 Å². The lowest BCUT2D eigenvalue weighted by molar-refractivity contribution is 0.308. The van der Waals surface area contributed by atoms with Crippen molar-refractivity contribution in [2.24, 2.45) is 9.98 Å². The van der Waals surface area contributed by atoms with E-state index in [-0.39, 0.29) is 23.4 Å². The molecule has 0 amide bonds. The number of hydrogen-bond acceptors (Lipinski definition) is 7. The first kappa shape index (κ1) is 27.6. The Labute approximate surface area is 236 Å². The van der Waals surface area contributed by atoms with Crippen LogP contribution in [0.1, 0.15) is 18.3 Å². The fourth-order valence-corrected chi connectivity index (χ4v) is 4.62. The van der Waals surface area contributed by atoms with E-state index in [1.54, 1.807) is 25.3 Å². The molecule has 10 nitrogen and oxygen atoms in total. The van der Waals surface area contributed by atoms with E-state index in [4.69, 9.17) is 4.74 Å². The van der Waals surface area contributed by atoms with Gasteiger partial charge >= 0.3 is 0 Å². The fourth-order valence-electron chi connectivity index (χ4n) is 4.62. The highest BCUT2D eigenvalue weighted by Crippen LogP contribution is 2.29. The number of H-pyrrole nitrogens is 2. The molecule has 1 saturated heterocycles. The number of allylic oxidation sites excluding steroid dienone is 1. The van der Waals surface area contributed by atoms with Gasteiger partial charge in [-0.2, -0.15) is 5.10 Å². The second kappa shape index (κ2) is 12.5. The van der Waals surface area contributed by atoms with Crippen LogP contribution in [0.2, 0.25) is 0 Å². The zero-order valence-corrected chi connectivity index (χ0v) is 22.9. The van der Waals surface area contributed by atoms with E-state index in [1.807, 2.05) is 43.5 Å². The van der Waals surface area contributed by atoms with Crippen molar-refractivity contribution in [3.05, 3.63) is 83.7 Å². The predicted molar refractivity (Wildman–Crippen MR) is 158 cm³/mol. The molecule has 4 aromatic rings. The summed E-state index contributed by atoms with van der Waals surface area (Å²) >= 11 is 0. The molecule has 0 atom stereocenters. The van der Waals surface area contributed by atoms with Gasteiger partial charge < -0.3 is 24.8 Å². The molecule has 0 saturated carbocycles. The molecule has 3 N–H and O–H groups in total. The van der Waals surface area contributed by atoms with E-state index in [0.717, 1.165) is 30.5 Å². The van der Waals surface area contributed by atoms with Gasteiger partial charge in [0.1, 0.15) is 11.7 Å². The Kier molecular flexibility index (Phi) is 8.37. The van der Waals surface area contributed by atoms with E-state index in [0.29, 0.717) is 36.3 Å². The second-order valence-corrected chi connectivity index (χ2v) is 9.41. The number of nitrogens with zero attached hydrogens (tertiary/aromatic N) is 6. The number of aromatic nitrogens is 4. The van der Waals surface area contributed by atoms with Gasteiger partial charge in [-0.05, 0) is 44.8 Å². The van der Waals surface area contributed by atoms with Crippen molar-refractivity contribution in [3.63, 3.8) is 0 Å². The zero-order chi connectivity index (χ0) is 28.8. The third-order valence-electron chi connectivity index (χ3n) is 6.60. The first-order valence-corrected chi connectivity index (χ1v) is 13.1. The van der Waals surface area contributed by atoms with Crippen LogP contribution in [-0.4, -0.2) is 70.5 Å². The van der Waals surface area contributed by atoms with Crippen LogP contribution in [-0.2, 0) is 0 Å². The van der Waals surface area contributed by atoms with Gasteiger partial charge in [-0.25, -0.2) is 18.8 Å². The number of amidine groups is 1. The molecule has 0 unspecified atom stereocenters. The maximum absolute atomic E-state index is 15.1. The molecular weight excluding hydrogens is 528 g/mol. The first-order chi connectivity index (χ1) is 19.9. The second-order valence-electron chi connectivity index (χ2n) is 9.41. The Morgan fingerprint density at radius 2 is 2.05 bits per heavy atom. The molecule has 1 fully saturated rings. The van der Waals surface area contributed by atoms with Crippen LogP contribution in [0.5, 0.6) is 5.75 Å². The lowest BCUT2D eigenvalue weighted by atomic mass is 10.2. The quantitative estimate of drug-likeness (QED) is 0.194. The van der Waals surface area contributed by atoms with Crippen LogP contribution in [0.15, 0.2) is 70.7 Å². The van der Waals surface area contributed by atoms with Crippen molar-refractivity contribution in [2.75, 3.05) is 43.1 Å². The molecule has 0 radical (unpaired) electrons. The molecule has 1 aromatic carbocycles. The molecule has 0 aliphatic carbocycles. The minimum absolute atomic E-state index is 0.106. The average molecular weight is 560 g/mol. The van der Waals surface area contributed by atoms with Crippen molar-refractivity contribution in [1.82, 2.24) is 25.1 Å². The maximum Gasteiger partial charge on any atom is 0.181 e. The number of anilines is 2. The van der Waals surface area contributed by atoms with E-state index < -0.39 is 11.6 Å². The van der Waals surface area contributed by atoms with Crippen LogP contribution in [0.4, 0.5) is 20.3 Å². The number of benzene rings is 1. The summed E-state index contributed by atoms with van der Waals surface area (Å²) in [6.45, 7) is 9.88. The topological polar surface area (TPSA) is 110 Å². The Hall–Kier alpha value is -5.00. The van der Waals surface area contributed by atoms with Gasteiger partial charge in [-0.3, -0.25) is 10.1 Å². The molecule has 1 aliphatic rings. The number of aromatic amines is 2. The number of hydrogen-bond donors (Lipinski definition) is 3. The number of ether oxygens (including phenoxy) is 1. The molecule has 1 aliphatic heterocycles. The Bertz CT molecular complexity index is 1600. The lowest BCUT2D eigenvalue weighted by Gasteiger charge is -2.37. The van der Waals surface area contributed by atoms with Crippen molar-refractivity contribution in [2.45, 2.75) is 13.8 Å². The number of piperazine rings is 1. The number of fused-ring (bicyclic) bond motifs is 1. The summed E-state index contributed by atoms with van der Waals surface area (Å²) in [4.78, 5) is 20.1. The lowest BCUT2D eigenvalue weighted by Crippen LogP contribution is -2.48. The standard InChI is InChI=1S/C29H31F2N9O/c1-4-6-20-14-26(38-37-20)36-25(32-3)16-27(40-11-9-39(10-12-40)21-7-5-8-33-17-21)34-18-41-24-15-23(30)29-22(28(24)31)13-19(2)35-29/h4-8,13-17,35H,3,9-12,18H2,1-2H3,(H2,36,37,38)/b6-4+,25-16+,34-27+. The van der Waals surface area contributed by atoms with Crippen molar-refractivity contribution >= 4 is 41.0 Å². The molecule has 3 aromatic heterocycles. The van der Waals surface area contributed by atoms with Crippen molar-refractivity contribution < 1.29 is 13.5 Å². The maximum atomic E-state index is 15.1. The van der Waals surface area contributed by atoms with Gasteiger partial charge in [0.05, 0.1) is 23.1 Å². The Balaban J connectivity index is 1.37. The number of pyridine rings is 1. The summed E-state index contributed by atoms with van der Waals surface area (Å²) in [6.07, 6.45) is 9.11. The fraction of sp³-hybridized carbons (Fsp3) is 0.241. The summed E-state index contributed by atoms with van der Waals surface area (Å²) < 4.78 is 35.3. The molecule has 212 valence electrons. The number of nitrogens with one attached hydrogen (secondary N) is 3. The highest BCUT2D eigenvalue weighted by Gasteiger charge is 2.21. The van der Waals surface area contributed by atoms with E-state index in [9.17, 15) is 4.39 Å². The van der Waals surface area contributed by atoms with Gasteiger partial charge in [0.15, 0.2) is 29.9 Å². The first-order valence-electron chi connectivity index (χ1n) is 13.1. The SMILES string of the molecule is C=N/C(=C\C(=N/COc1cc(F)c2[nH]c(C)cc2c1F)N1CCN(c2cccnc2)CC1)Nc1cc(/C=C/C)[nH]n1. The summed E-state index contributed by atoms with van der Waals surface area (Å²) in [6, 6.07) is 8.35. The molecule has 12 heteroatoms. The Morgan fingerprint density at radius 3 is 2.78 bits per heavy atom. The minimum Gasteiger partial charge on any atom is -0.468 e. The molecule has 0 spiro atoms. The van der Waals surface area contributed by atoms with Gasteiger partial charge in [-0.1, -0.05) is 6.08 Å². The van der Waals surface area contributed by atoms with Gasteiger partial charge in [-0.15, -0.1) is 0 Å². The highest BCUT2D eigenvalue weighted by atomic mass is 19.1. The molecular formula is C29H31F2N9O.